The number of anilines is 1. The van der Waals surface area contributed by atoms with Crippen LogP contribution in [-0.4, -0.2) is 30.6 Å². The molecule has 2 heterocycles. The maximum atomic E-state index is 12.1. The highest BCUT2D eigenvalue weighted by Crippen LogP contribution is 2.28. The Morgan fingerprint density at radius 1 is 1.23 bits per heavy atom. The number of thiophene rings is 1. The summed E-state index contributed by atoms with van der Waals surface area (Å²) in [4.78, 5) is 29.4. The van der Waals surface area contributed by atoms with Gasteiger partial charge in [0.05, 0.1) is 17.7 Å². The molecule has 0 fully saturated rings. The zero-order chi connectivity index (χ0) is 18.5. The van der Waals surface area contributed by atoms with Crippen LogP contribution in [0.3, 0.4) is 0 Å². The number of carbonyl (C=O) groups excluding carboxylic acids is 2. The van der Waals surface area contributed by atoms with Gasteiger partial charge in [-0.1, -0.05) is 12.1 Å². The summed E-state index contributed by atoms with van der Waals surface area (Å²) < 4.78 is 10.3. The van der Waals surface area contributed by atoms with Crippen molar-refractivity contribution >= 4 is 40.2 Å². The molecule has 0 aliphatic rings. The van der Waals surface area contributed by atoms with Crippen LogP contribution in [0.15, 0.2) is 41.1 Å². The summed E-state index contributed by atoms with van der Waals surface area (Å²) >= 11 is 2.91. The molecule has 0 spiro atoms. The molecule has 0 unspecified atom stereocenters. The first-order valence-corrected chi connectivity index (χ1v) is 9.44. The maximum Gasteiger partial charge on any atom is 0.358 e. The van der Waals surface area contributed by atoms with Gasteiger partial charge in [0.1, 0.15) is 10.8 Å². The number of nitrogens with one attached hydrogen (secondary N) is 1. The fourth-order valence-corrected chi connectivity index (χ4v) is 3.80. The van der Waals surface area contributed by atoms with Gasteiger partial charge >= 0.3 is 5.97 Å². The predicted octanol–water partition coefficient (Wildman–Crippen LogP) is 3.98. The number of nitrogens with zero attached hydrogens (tertiary/aromatic N) is 1. The SMILES string of the molecule is COc1ccc(C)cc1NC(=O)COC(=O)c1csc(-c2cccs2)n1. The molecule has 3 rings (SSSR count). The molecular formula is C18H16N2O4S2. The average molecular weight is 388 g/mol. The monoisotopic (exact) mass is 388 g/mol. The van der Waals surface area contributed by atoms with Crippen molar-refractivity contribution in [2.45, 2.75) is 6.92 Å². The molecule has 1 N–H and O–H groups in total. The second-order valence-corrected chi connectivity index (χ2v) is 7.15. The van der Waals surface area contributed by atoms with E-state index in [-0.39, 0.29) is 5.69 Å². The third-order valence-electron chi connectivity index (χ3n) is 3.41. The molecule has 0 saturated heterocycles. The lowest BCUT2D eigenvalue weighted by Crippen LogP contribution is -2.21. The Hall–Kier alpha value is -2.71. The Kier molecular flexibility index (Phi) is 5.65. The van der Waals surface area contributed by atoms with Gasteiger partial charge in [0.2, 0.25) is 0 Å². The standard InChI is InChI=1S/C18H16N2O4S2/c1-11-5-6-14(23-2)12(8-11)19-16(21)9-24-18(22)13-10-26-17(20-13)15-4-3-7-25-15/h3-8,10H,9H2,1-2H3,(H,19,21). The third-order valence-corrected chi connectivity index (χ3v) is 5.29. The van der Waals surface area contributed by atoms with E-state index in [9.17, 15) is 9.59 Å². The largest absolute Gasteiger partial charge is 0.495 e. The third kappa shape index (κ3) is 4.27. The molecule has 0 saturated carbocycles. The summed E-state index contributed by atoms with van der Waals surface area (Å²) in [6.45, 7) is 1.50. The van der Waals surface area contributed by atoms with Crippen molar-refractivity contribution in [1.29, 1.82) is 0 Å². The van der Waals surface area contributed by atoms with E-state index in [1.54, 1.807) is 28.8 Å². The Morgan fingerprint density at radius 3 is 2.81 bits per heavy atom. The fourth-order valence-electron chi connectivity index (χ4n) is 2.19. The molecule has 134 valence electrons. The quantitative estimate of drug-likeness (QED) is 0.646. The van der Waals surface area contributed by atoms with Crippen molar-refractivity contribution in [2.75, 3.05) is 19.0 Å². The minimum Gasteiger partial charge on any atom is -0.495 e. The molecule has 0 aliphatic heterocycles. The molecule has 0 radical (unpaired) electrons. The lowest BCUT2D eigenvalue weighted by molar-refractivity contribution is -0.119. The van der Waals surface area contributed by atoms with E-state index in [0.29, 0.717) is 11.4 Å². The molecule has 3 aromatic rings. The molecular weight excluding hydrogens is 372 g/mol. The van der Waals surface area contributed by atoms with Crippen LogP contribution in [0.5, 0.6) is 5.75 Å². The minimum atomic E-state index is -0.629. The van der Waals surface area contributed by atoms with E-state index < -0.39 is 18.5 Å². The van der Waals surface area contributed by atoms with Gasteiger partial charge in [-0.25, -0.2) is 9.78 Å². The number of rotatable bonds is 6. The first-order valence-electron chi connectivity index (χ1n) is 7.68. The van der Waals surface area contributed by atoms with Gasteiger partial charge in [-0.15, -0.1) is 22.7 Å². The van der Waals surface area contributed by atoms with Gasteiger partial charge in [-0.05, 0) is 36.1 Å². The molecule has 0 aliphatic carbocycles. The number of benzene rings is 1. The number of methoxy groups -OCH3 is 1. The summed E-state index contributed by atoms with van der Waals surface area (Å²) in [7, 11) is 1.52. The number of amides is 1. The van der Waals surface area contributed by atoms with Crippen LogP contribution in [0.1, 0.15) is 16.1 Å². The second kappa shape index (κ2) is 8.11. The highest BCUT2D eigenvalue weighted by atomic mass is 32.1. The summed E-state index contributed by atoms with van der Waals surface area (Å²) in [5.41, 5.74) is 1.70. The number of ether oxygens (including phenoxy) is 2. The topological polar surface area (TPSA) is 77.5 Å². The van der Waals surface area contributed by atoms with Crippen molar-refractivity contribution in [3.8, 4) is 15.6 Å². The number of aromatic nitrogens is 1. The number of hydrogen-bond donors (Lipinski definition) is 1. The fraction of sp³-hybridized carbons (Fsp3) is 0.167. The Morgan fingerprint density at radius 2 is 2.08 bits per heavy atom. The number of aryl methyl sites for hydroxylation is 1. The lowest BCUT2D eigenvalue weighted by Gasteiger charge is -2.11. The lowest BCUT2D eigenvalue weighted by atomic mass is 10.2. The normalized spacial score (nSPS) is 10.4. The first kappa shape index (κ1) is 18.1. The first-order chi connectivity index (χ1) is 12.6. The second-order valence-electron chi connectivity index (χ2n) is 5.34. The summed E-state index contributed by atoms with van der Waals surface area (Å²) in [5, 5.41) is 7.00. The average Bonchev–Trinajstić information content (AvgIpc) is 3.31. The molecule has 0 atom stereocenters. The van der Waals surface area contributed by atoms with Gasteiger partial charge in [-0.3, -0.25) is 4.79 Å². The molecule has 0 bridgehead atoms. The van der Waals surface area contributed by atoms with E-state index in [2.05, 4.69) is 10.3 Å². The number of esters is 1. The van der Waals surface area contributed by atoms with Crippen LogP contribution < -0.4 is 10.1 Å². The van der Waals surface area contributed by atoms with Crippen molar-refractivity contribution in [2.24, 2.45) is 0 Å². The van der Waals surface area contributed by atoms with Crippen LogP contribution in [0.25, 0.3) is 9.88 Å². The zero-order valence-electron chi connectivity index (χ0n) is 14.1. The summed E-state index contributed by atoms with van der Waals surface area (Å²) in [6, 6.07) is 9.27. The molecule has 6 nitrogen and oxygen atoms in total. The van der Waals surface area contributed by atoms with E-state index in [1.165, 1.54) is 18.4 Å². The van der Waals surface area contributed by atoms with Crippen LogP contribution in [-0.2, 0) is 9.53 Å². The maximum absolute atomic E-state index is 12.1. The van der Waals surface area contributed by atoms with Crippen molar-refractivity contribution in [3.05, 3.63) is 52.3 Å². The zero-order valence-corrected chi connectivity index (χ0v) is 15.8. The highest BCUT2D eigenvalue weighted by molar-refractivity contribution is 7.20. The van der Waals surface area contributed by atoms with Crippen molar-refractivity contribution < 1.29 is 19.1 Å². The van der Waals surface area contributed by atoms with E-state index in [4.69, 9.17) is 9.47 Å². The summed E-state index contributed by atoms with van der Waals surface area (Å²) in [5.74, 6) is -0.540. The minimum absolute atomic E-state index is 0.194. The Labute approximate surface area is 158 Å². The van der Waals surface area contributed by atoms with E-state index >= 15 is 0 Å². The Bertz CT molecular complexity index is 919. The number of thiazole rings is 1. The van der Waals surface area contributed by atoms with Crippen LogP contribution in [0.4, 0.5) is 5.69 Å². The van der Waals surface area contributed by atoms with Gasteiger partial charge < -0.3 is 14.8 Å². The number of hydrogen-bond acceptors (Lipinski definition) is 7. The van der Waals surface area contributed by atoms with Gasteiger partial charge in [0, 0.05) is 5.38 Å². The molecule has 1 aromatic carbocycles. The highest BCUT2D eigenvalue weighted by Gasteiger charge is 2.16. The predicted molar refractivity (Wildman–Crippen MR) is 102 cm³/mol. The Balaban J connectivity index is 1.58. The van der Waals surface area contributed by atoms with Gasteiger partial charge in [0.25, 0.3) is 5.91 Å². The van der Waals surface area contributed by atoms with E-state index in [1.807, 2.05) is 30.5 Å². The van der Waals surface area contributed by atoms with Crippen molar-refractivity contribution in [1.82, 2.24) is 4.98 Å². The van der Waals surface area contributed by atoms with Crippen molar-refractivity contribution in [3.63, 3.8) is 0 Å². The van der Waals surface area contributed by atoms with Gasteiger partial charge in [-0.2, -0.15) is 0 Å². The smallest absolute Gasteiger partial charge is 0.358 e. The van der Waals surface area contributed by atoms with Crippen LogP contribution in [0.2, 0.25) is 0 Å². The van der Waals surface area contributed by atoms with Crippen LogP contribution >= 0.6 is 22.7 Å². The summed E-state index contributed by atoms with van der Waals surface area (Å²) in [6.07, 6.45) is 0. The molecule has 2 aromatic heterocycles. The molecule has 1 amide bonds. The van der Waals surface area contributed by atoms with Crippen LogP contribution in [0, 0.1) is 6.92 Å². The van der Waals surface area contributed by atoms with E-state index in [0.717, 1.165) is 15.4 Å². The molecule has 8 heteroatoms. The number of carbonyl (C=O) groups is 2. The molecule has 26 heavy (non-hydrogen) atoms. The van der Waals surface area contributed by atoms with Gasteiger partial charge in [0.15, 0.2) is 12.3 Å².